The number of carbonyl (C=O) groups excluding carboxylic acids is 1. The van der Waals surface area contributed by atoms with Crippen molar-refractivity contribution in [2.24, 2.45) is 0 Å². The lowest BCUT2D eigenvalue weighted by Crippen LogP contribution is -2.27. The molecule has 0 aliphatic rings. The number of hydrogen-bond donors (Lipinski definition) is 1. The molecular weight excluding hydrogens is 388 g/mol. The van der Waals surface area contributed by atoms with Gasteiger partial charge in [-0.2, -0.15) is 16.4 Å². The first-order chi connectivity index (χ1) is 14.2. The average molecular weight is 406 g/mol. The van der Waals surface area contributed by atoms with Crippen LogP contribution in [0.3, 0.4) is 0 Å². The number of aromatic nitrogens is 3. The number of hydrogen-bond acceptors (Lipinski definition) is 7. The van der Waals surface area contributed by atoms with Crippen molar-refractivity contribution in [3.05, 3.63) is 81.2 Å². The summed E-state index contributed by atoms with van der Waals surface area (Å²) in [6.07, 6.45) is 3.40. The van der Waals surface area contributed by atoms with Crippen LogP contribution in [0.25, 0.3) is 10.8 Å². The van der Waals surface area contributed by atoms with Crippen LogP contribution >= 0.6 is 11.3 Å². The van der Waals surface area contributed by atoms with Crippen molar-refractivity contribution in [3.63, 3.8) is 0 Å². The Bertz CT molecular complexity index is 1210. The molecule has 0 aliphatic heterocycles. The SMILES string of the molecule is CCn1nc(C(=O)OCc2ccsc2)cc(Nc2cncc3ccccc23)c1=O. The molecule has 29 heavy (non-hydrogen) atoms. The maximum Gasteiger partial charge on any atom is 0.359 e. The van der Waals surface area contributed by atoms with Crippen LogP contribution in [-0.4, -0.2) is 20.7 Å². The quantitative estimate of drug-likeness (QED) is 0.488. The van der Waals surface area contributed by atoms with Crippen molar-refractivity contribution in [2.45, 2.75) is 20.1 Å². The highest BCUT2D eigenvalue weighted by atomic mass is 32.1. The van der Waals surface area contributed by atoms with Crippen molar-refractivity contribution in [1.29, 1.82) is 0 Å². The Morgan fingerprint density at radius 2 is 2.07 bits per heavy atom. The zero-order valence-corrected chi connectivity index (χ0v) is 16.5. The van der Waals surface area contributed by atoms with Crippen LogP contribution < -0.4 is 10.9 Å². The predicted octanol–water partition coefficient (Wildman–Crippen LogP) is 3.97. The normalized spacial score (nSPS) is 10.8. The minimum absolute atomic E-state index is 0.0670. The summed E-state index contributed by atoms with van der Waals surface area (Å²) < 4.78 is 6.58. The molecule has 0 spiro atoms. The minimum Gasteiger partial charge on any atom is -0.456 e. The van der Waals surface area contributed by atoms with Crippen LogP contribution in [0.1, 0.15) is 23.0 Å². The van der Waals surface area contributed by atoms with E-state index in [1.807, 2.05) is 41.1 Å². The first-order valence-corrected chi connectivity index (χ1v) is 10.00. The Kier molecular flexibility index (Phi) is 5.35. The van der Waals surface area contributed by atoms with Gasteiger partial charge in [0.1, 0.15) is 12.3 Å². The van der Waals surface area contributed by atoms with Crippen LogP contribution in [-0.2, 0) is 17.9 Å². The number of anilines is 2. The molecule has 4 aromatic rings. The van der Waals surface area contributed by atoms with Gasteiger partial charge in [0.05, 0.1) is 11.9 Å². The zero-order valence-electron chi connectivity index (χ0n) is 15.7. The maximum absolute atomic E-state index is 12.7. The van der Waals surface area contributed by atoms with Gasteiger partial charge in [-0.1, -0.05) is 24.3 Å². The summed E-state index contributed by atoms with van der Waals surface area (Å²) in [5.41, 5.74) is 1.56. The van der Waals surface area contributed by atoms with E-state index in [9.17, 15) is 9.59 Å². The van der Waals surface area contributed by atoms with Gasteiger partial charge >= 0.3 is 5.97 Å². The fourth-order valence-electron chi connectivity index (χ4n) is 2.90. The number of benzene rings is 1. The molecule has 1 aromatic carbocycles. The molecule has 8 heteroatoms. The lowest BCUT2D eigenvalue weighted by molar-refractivity contribution is 0.0463. The number of aryl methyl sites for hydroxylation is 1. The smallest absolute Gasteiger partial charge is 0.359 e. The van der Waals surface area contributed by atoms with Crippen LogP contribution in [0, 0.1) is 0 Å². The summed E-state index contributed by atoms with van der Waals surface area (Å²) in [5, 5.41) is 12.9. The lowest BCUT2D eigenvalue weighted by atomic mass is 10.1. The summed E-state index contributed by atoms with van der Waals surface area (Å²) in [7, 11) is 0. The Hall–Kier alpha value is -3.52. The Labute approximate surface area is 170 Å². The number of carbonyl (C=O) groups is 1. The standard InChI is InChI=1S/C21H18N4O3S/c1-2-25-20(26)17(23-19-11-22-10-15-5-3-4-6-16(15)19)9-18(24-25)21(27)28-12-14-7-8-29-13-14/h3-11,13,23H,2,12H2,1H3. The number of pyridine rings is 1. The van der Waals surface area contributed by atoms with Gasteiger partial charge < -0.3 is 10.1 Å². The zero-order chi connectivity index (χ0) is 20.2. The van der Waals surface area contributed by atoms with E-state index in [-0.39, 0.29) is 23.5 Å². The number of fused-ring (bicyclic) bond motifs is 1. The molecule has 0 aliphatic carbocycles. The van der Waals surface area contributed by atoms with E-state index in [2.05, 4.69) is 15.4 Å². The molecule has 3 heterocycles. The number of thiophene rings is 1. The van der Waals surface area contributed by atoms with Crippen molar-refractivity contribution in [3.8, 4) is 0 Å². The number of nitrogens with one attached hydrogen (secondary N) is 1. The molecule has 0 saturated heterocycles. The van der Waals surface area contributed by atoms with Crippen molar-refractivity contribution in [1.82, 2.24) is 14.8 Å². The molecule has 0 amide bonds. The first kappa shape index (κ1) is 18.8. The van der Waals surface area contributed by atoms with E-state index in [4.69, 9.17) is 4.74 Å². The molecule has 0 atom stereocenters. The third-order valence-electron chi connectivity index (χ3n) is 4.37. The largest absolute Gasteiger partial charge is 0.456 e. The second kappa shape index (κ2) is 8.24. The van der Waals surface area contributed by atoms with E-state index < -0.39 is 5.97 Å². The summed E-state index contributed by atoms with van der Waals surface area (Å²) in [6.45, 7) is 2.27. The van der Waals surface area contributed by atoms with Crippen LogP contribution in [0.2, 0.25) is 0 Å². The number of ether oxygens (including phenoxy) is 1. The highest BCUT2D eigenvalue weighted by Gasteiger charge is 2.16. The molecular formula is C21H18N4O3S. The van der Waals surface area contributed by atoms with Crippen LogP contribution in [0.5, 0.6) is 0 Å². The topological polar surface area (TPSA) is 86.1 Å². The second-order valence-corrected chi connectivity index (χ2v) is 7.09. The van der Waals surface area contributed by atoms with Crippen LogP contribution in [0.4, 0.5) is 11.4 Å². The van der Waals surface area contributed by atoms with E-state index >= 15 is 0 Å². The highest BCUT2D eigenvalue weighted by Crippen LogP contribution is 2.24. The van der Waals surface area contributed by atoms with Crippen molar-refractivity contribution in [2.75, 3.05) is 5.32 Å². The van der Waals surface area contributed by atoms with Gasteiger partial charge in [0.25, 0.3) is 5.56 Å². The van der Waals surface area contributed by atoms with E-state index in [0.717, 1.165) is 16.3 Å². The number of rotatable bonds is 6. The molecule has 0 radical (unpaired) electrons. The predicted molar refractivity (Wildman–Crippen MR) is 113 cm³/mol. The third kappa shape index (κ3) is 4.02. The minimum atomic E-state index is -0.586. The molecule has 0 bridgehead atoms. The Balaban J connectivity index is 1.66. The van der Waals surface area contributed by atoms with Gasteiger partial charge in [-0.15, -0.1) is 0 Å². The van der Waals surface area contributed by atoms with Gasteiger partial charge in [-0.25, -0.2) is 9.48 Å². The van der Waals surface area contributed by atoms with Gasteiger partial charge in [-0.05, 0) is 23.8 Å². The third-order valence-corrected chi connectivity index (χ3v) is 5.10. The highest BCUT2D eigenvalue weighted by molar-refractivity contribution is 7.07. The van der Waals surface area contributed by atoms with Gasteiger partial charge in [0.15, 0.2) is 5.69 Å². The molecule has 1 N–H and O–H groups in total. The first-order valence-electron chi connectivity index (χ1n) is 9.06. The fraction of sp³-hybridized carbons (Fsp3) is 0.143. The molecule has 146 valence electrons. The number of nitrogens with zero attached hydrogens (tertiary/aromatic N) is 3. The van der Waals surface area contributed by atoms with Crippen LogP contribution in [0.15, 0.2) is 64.3 Å². The molecule has 0 saturated carbocycles. The van der Waals surface area contributed by atoms with Gasteiger partial charge in [-0.3, -0.25) is 9.78 Å². The van der Waals surface area contributed by atoms with E-state index in [1.165, 1.54) is 22.1 Å². The molecule has 7 nitrogen and oxygen atoms in total. The summed E-state index contributed by atoms with van der Waals surface area (Å²) >= 11 is 1.53. The van der Waals surface area contributed by atoms with Gasteiger partial charge in [0, 0.05) is 35.1 Å². The fourth-order valence-corrected chi connectivity index (χ4v) is 3.56. The Morgan fingerprint density at radius 3 is 2.86 bits per heavy atom. The summed E-state index contributed by atoms with van der Waals surface area (Å²) in [5.74, 6) is -0.586. The van der Waals surface area contributed by atoms with Crippen molar-refractivity contribution >= 4 is 39.5 Å². The van der Waals surface area contributed by atoms with E-state index in [1.54, 1.807) is 19.3 Å². The molecule has 4 rings (SSSR count). The second-order valence-electron chi connectivity index (χ2n) is 6.31. The average Bonchev–Trinajstić information content (AvgIpc) is 3.27. The molecule has 0 unspecified atom stereocenters. The molecule has 3 aromatic heterocycles. The monoisotopic (exact) mass is 406 g/mol. The van der Waals surface area contributed by atoms with Gasteiger partial charge in [0.2, 0.25) is 0 Å². The van der Waals surface area contributed by atoms with Crippen molar-refractivity contribution < 1.29 is 9.53 Å². The summed E-state index contributed by atoms with van der Waals surface area (Å²) in [6, 6.07) is 11.0. The lowest BCUT2D eigenvalue weighted by Gasteiger charge is -2.12. The molecule has 0 fully saturated rings. The maximum atomic E-state index is 12.7. The summed E-state index contributed by atoms with van der Waals surface area (Å²) in [4.78, 5) is 29.4. The number of esters is 1. The Morgan fingerprint density at radius 1 is 1.21 bits per heavy atom. The van der Waals surface area contributed by atoms with E-state index in [0.29, 0.717) is 12.2 Å².